The van der Waals surface area contributed by atoms with Crippen LogP contribution < -0.4 is 5.32 Å². The van der Waals surface area contributed by atoms with Gasteiger partial charge in [0.2, 0.25) is 0 Å². The van der Waals surface area contributed by atoms with Gasteiger partial charge in [-0.25, -0.2) is 4.79 Å². The van der Waals surface area contributed by atoms with Crippen molar-refractivity contribution >= 4 is 12.1 Å². The number of carbonyl (C=O) groups is 2. The molecule has 140 valence electrons. The minimum Gasteiger partial charge on any atom is -0.462 e. The molecule has 2 aliphatic carbocycles. The lowest BCUT2D eigenvalue weighted by Crippen LogP contribution is -2.60. The summed E-state index contributed by atoms with van der Waals surface area (Å²) in [5, 5.41) is 12.9. The fourth-order valence-corrected chi connectivity index (χ4v) is 5.62. The third-order valence-electron chi connectivity index (χ3n) is 6.96. The molecule has 3 rings (SSSR count). The SMILES string of the molecule is C=CCNC(=O)O[C@@H]1CC[C@]2(C)[C@H](CC[C@H]3OC(=O)C[C@H]32)[C@]1(C)CO. The molecule has 2 saturated carbocycles. The zero-order valence-electron chi connectivity index (χ0n) is 15.1. The molecule has 0 aromatic heterocycles. The van der Waals surface area contributed by atoms with Crippen LogP contribution in [0.4, 0.5) is 4.79 Å². The van der Waals surface area contributed by atoms with Crippen LogP contribution in [0.15, 0.2) is 12.7 Å². The maximum absolute atomic E-state index is 12.0. The summed E-state index contributed by atoms with van der Waals surface area (Å²) >= 11 is 0. The minimum absolute atomic E-state index is 0.00468. The van der Waals surface area contributed by atoms with Gasteiger partial charge in [0.25, 0.3) is 0 Å². The van der Waals surface area contributed by atoms with Crippen molar-refractivity contribution in [3.63, 3.8) is 0 Å². The fourth-order valence-electron chi connectivity index (χ4n) is 5.62. The number of hydrogen-bond donors (Lipinski definition) is 2. The predicted octanol–water partition coefficient (Wildman–Crippen LogP) is 2.41. The minimum atomic E-state index is -0.519. The topological polar surface area (TPSA) is 84.9 Å². The lowest BCUT2D eigenvalue weighted by atomic mass is 9.46. The molecule has 0 spiro atoms. The summed E-state index contributed by atoms with van der Waals surface area (Å²) in [6.45, 7) is 8.12. The second-order valence-corrected chi connectivity index (χ2v) is 8.24. The van der Waals surface area contributed by atoms with Crippen LogP contribution >= 0.6 is 0 Å². The van der Waals surface area contributed by atoms with Crippen molar-refractivity contribution in [3.8, 4) is 0 Å². The van der Waals surface area contributed by atoms with E-state index in [0.717, 1.165) is 19.3 Å². The molecule has 1 heterocycles. The molecule has 6 nitrogen and oxygen atoms in total. The third kappa shape index (κ3) is 2.94. The van der Waals surface area contributed by atoms with E-state index in [2.05, 4.69) is 18.8 Å². The summed E-state index contributed by atoms with van der Waals surface area (Å²) in [5.74, 6) is 0.275. The molecule has 0 unspecified atom stereocenters. The third-order valence-corrected chi connectivity index (χ3v) is 6.96. The number of aliphatic hydroxyl groups is 1. The van der Waals surface area contributed by atoms with Gasteiger partial charge in [-0.2, -0.15) is 0 Å². The molecule has 1 saturated heterocycles. The normalized spacial score (nSPS) is 42.8. The summed E-state index contributed by atoms with van der Waals surface area (Å²) in [6, 6.07) is 0. The molecule has 3 fully saturated rings. The van der Waals surface area contributed by atoms with E-state index in [0.29, 0.717) is 19.4 Å². The van der Waals surface area contributed by atoms with Crippen molar-refractivity contribution in [1.82, 2.24) is 5.32 Å². The maximum Gasteiger partial charge on any atom is 0.407 e. The average Bonchev–Trinajstić information content (AvgIpc) is 2.97. The van der Waals surface area contributed by atoms with Gasteiger partial charge in [0.15, 0.2) is 0 Å². The Balaban J connectivity index is 1.81. The van der Waals surface area contributed by atoms with Gasteiger partial charge < -0.3 is 19.9 Å². The first-order valence-corrected chi connectivity index (χ1v) is 9.21. The molecule has 1 amide bonds. The zero-order chi connectivity index (χ0) is 18.2. The number of ether oxygens (including phenoxy) is 2. The van der Waals surface area contributed by atoms with Crippen LogP contribution in [0.5, 0.6) is 0 Å². The first-order chi connectivity index (χ1) is 11.8. The van der Waals surface area contributed by atoms with Crippen molar-refractivity contribution in [3.05, 3.63) is 12.7 Å². The van der Waals surface area contributed by atoms with E-state index in [1.54, 1.807) is 6.08 Å². The van der Waals surface area contributed by atoms with Crippen LogP contribution in [0.2, 0.25) is 0 Å². The van der Waals surface area contributed by atoms with E-state index in [1.165, 1.54) is 0 Å². The van der Waals surface area contributed by atoms with Crippen LogP contribution in [-0.2, 0) is 14.3 Å². The number of rotatable bonds is 4. The molecule has 6 heteroatoms. The molecule has 0 radical (unpaired) electrons. The van der Waals surface area contributed by atoms with E-state index in [-0.39, 0.29) is 42.0 Å². The van der Waals surface area contributed by atoms with Crippen LogP contribution in [0.3, 0.4) is 0 Å². The lowest BCUT2D eigenvalue weighted by molar-refractivity contribution is -0.175. The molecule has 0 aromatic rings. The second kappa shape index (κ2) is 6.63. The molecule has 0 aromatic carbocycles. The van der Waals surface area contributed by atoms with E-state index in [9.17, 15) is 14.7 Å². The Bertz CT molecular complexity index is 564. The highest BCUT2D eigenvalue weighted by Gasteiger charge is 2.62. The summed E-state index contributed by atoms with van der Waals surface area (Å²) in [6.07, 6.45) is 4.50. The Morgan fingerprint density at radius 3 is 2.88 bits per heavy atom. The molecule has 3 aliphatic rings. The maximum atomic E-state index is 12.0. The number of carbonyl (C=O) groups excluding carboxylic acids is 2. The van der Waals surface area contributed by atoms with Gasteiger partial charge in [-0.3, -0.25) is 4.79 Å². The van der Waals surface area contributed by atoms with Crippen molar-refractivity contribution in [2.24, 2.45) is 22.7 Å². The number of hydrogen-bond acceptors (Lipinski definition) is 5. The zero-order valence-corrected chi connectivity index (χ0v) is 15.1. The highest BCUT2D eigenvalue weighted by Crippen LogP contribution is 2.62. The quantitative estimate of drug-likeness (QED) is 0.600. The monoisotopic (exact) mass is 351 g/mol. The molecule has 0 bridgehead atoms. The molecule has 1 aliphatic heterocycles. The first-order valence-electron chi connectivity index (χ1n) is 9.21. The van der Waals surface area contributed by atoms with E-state index in [1.807, 2.05) is 6.92 Å². The summed E-state index contributed by atoms with van der Waals surface area (Å²) in [5.41, 5.74) is -0.598. The number of esters is 1. The van der Waals surface area contributed by atoms with Crippen LogP contribution in [0.25, 0.3) is 0 Å². The van der Waals surface area contributed by atoms with E-state index >= 15 is 0 Å². The first kappa shape index (κ1) is 18.2. The number of fused-ring (bicyclic) bond motifs is 3. The van der Waals surface area contributed by atoms with E-state index in [4.69, 9.17) is 9.47 Å². The number of nitrogens with one attached hydrogen (secondary N) is 1. The number of amides is 1. The summed E-state index contributed by atoms with van der Waals surface area (Å²) < 4.78 is 11.2. The van der Waals surface area contributed by atoms with Gasteiger partial charge in [0, 0.05) is 17.9 Å². The Morgan fingerprint density at radius 2 is 2.20 bits per heavy atom. The largest absolute Gasteiger partial charge is 0.462 e. The van der Waals surface area contributed by atoms with Crippen molar-refractivity contribution < 1.29 is 24.2 Å². The van der Waals surface area contributed by atoms with Gasteiger partial charge in [-0.05, 0) is 37.0 Å². The van der Waals surface area contributed by atoms with Crippen molar-refractivity contribution in [2.75, 3.05) is 13.2 Å². The Morgan fingerprint density at radius 1 is 1.44 bits per heavy atom. The van der Waals surface area contributed by atoms with Crippen molar-refractivity contribution in [2.45, 2.75) is 58.2 Å². The number of alkyl carbamates (subject to hydrolysis) is 1. The standard InChI is InChI=1S/C19H29NO5/c1-4-9-20-17(23)25-15-7-8-18(2)12-10-16(22)24-13(12)5-6-14(18)19(15,3)11-21/h4,12-15,21H,1,5-11H2,2-3H3,(H,20,23)/t12-,13-,14+,15-,18+,19+/m1/s1. The molecule has 2 N–H and O–H groups in total. The van der Waals surface area contributed by atoms with Gasteiger partial charge in [0.05, 0.1) is 13.0 Å². The molecular formula is C19H29NO5. The second-order valence-electron chi connectivity index (χ2n) is 8.24. The predicted molar refractivity (Wildman–Crippen MR) is 91.7 cm³/mol. The number of aliphatic hydroxyl groups excluding tert-OH is 1. The van der Waals surface area contributed by atoms with Crippen LogP contribution in [0, 0.1) is 22.7 Å². The van der Waals surface area contributed by atoms with Crippen LogP contribution in [-0.4, -0.2) is 42.5 Å². The molecule has 6 atom stereocenters. The van der Waals surface area contributed by atoms with Crippen LogP contribution in [0.1, 0.15) is 46.0 Å². The van der Waals surface area contributed by atoms with Gasteiger partial charge in [0.1, 0.15) is 12.2 Å². The smallest absolute Gasteiger partial charge is 0.407 e. The average molecular weight is 351 g/mol. The van der Waals surface area contributed by atoms with Crippen molar-refractivity contribution in [1.29, 1.82) is 0 Å². The van der Waals surface area contributed by atoms with Gasteiger partial charge in [-0.15, -0.1) is 6.58 Å². The Labute approximate surface area is 148 Å². The van der Waals surface area contributed by atoms with E-state index < -0.39 is 11.5 Å². The Kier molecular flexibility index (Phi) is 4.84. The highest BCUT2D eigenvalue weighted by molar-refractivity contribution is 5.72. The lowest BCUT2D eigenvalue weighted by Gasteiger charge is -2.59. The Hall–Kier alpha value is -1.56. The van der Waals surface area contributed by atoms with Gasteiger partial charge in [-0.1, -0.05) is 19.9 Å². The molecular weight excluding hydrogens is 322 g/mol. The molecule has 25 heavy (non-hydrogen) atoms. The highest BCUT2D eigenvalue weighted by atomic mass is 16.6. The summed E-state index contributed by atoms with van der Waals surface area (Å²) in [4.78, 5) is 23.8. The van der Waals surface area contributed by atoms with Gasteiger partial charge >= 0.3 is 12.1 Å². The summed E-state index contributed by atoms with van der Waals surface area (Å²) in [7, 11) is 0. The fraction of sp³-hybridized carbons (Fsp3) is 0.789.